The fraction of sp³-hybridized carbons (Fsp3) is 0.300. The van der Waals surface area contributed by atoms with Crippen LogP contribution in [0.2, 0.25) is 0 Å². The number of methoxy groups -OCH3 is 2. The third-order valence-electron chi connectivity index (χ3n) is 4.15. The van der Waals surface area contributed by atoms with Crippen LogP contribution < -0.4 is 9.47 Å². The van der Waals surface area contributed by atoms with Gasteiger partial charge in [-0.3, -0.25) is 4.90 Å². The van der Waals surface area contributed by atoms with Gasteiger partial charge in [-0.05, 0) is 30.3 Å². The van der Waals surface area contributed by atoms with Gasteiger partial charge in [-0.2, -0.15) is 0 Å². The lowest BCUT2D eigenvalue weighted by Crippen LogP contribution is -2.22. The summed E-state index contributed by atoms with van der Waals surface area (Å²) in [6.07, 6.45) is 0. The minimum absolute atomic E-state index is 0.469. The van der Waals surface area contributed by atoms with Gasteiger partial charge in [0.05, 0.1) is 20.8 Å². The van der Waals surface area contributed by atoms with E-state index in [-0.39, 0.29) is 0 Å². The van der Waals surface area contributed by atoms with Gasteiger partial charge in [0.25, 0.3) is 0 Å². The molecule has 26 heavy (non-hydrogen) atoms. The molecular formula is C20H23N3O3. The monoisotopic (exact) mass is 353 g/mol. The molecule has 0 saturated heterocycles. The van der Waals surface area contributed by atoms with Gasteiger partial charge in [-0.1, -0.05) is 37.3 Å². The Morgan fingerprint density at radius 1 is 0.923 bits per heavy atom. The van der Waals surface area contributed by atoms with E-state index in [1.54, 1.807) is 14.2 Å². The molecule has 6 heteroatoms. The predicted octanol–water partition coefficient (Wildman–Crippen LogP) is 3.78. The molecule has 1 aromatic heterocycles. The van der Waals surface area contributed by atoms with Crippen molar-refractivity contribution in [3.63, 3.8) is 0 Å². The van der Waals surface area contributed by atoms with Crippen LogP contribution in [-0.2, 0) is 13.1 Å². The van der Waals surface area contributed by atoms with Crippen molar-refractivity contribution in [3.05, 3.63) is 60.0 Å². The largest absolute Gasteiger partial charge is 0.493 e. The standard InChI is InChI=1S/C20H23N3O3/c1-4-23(13-15-8-6-5-7-9-15)14-19-21-22-20(26-19)16-10-11-17(24-2)18(12-16)25-3/h5-12H,4,13-14H2,1-3H3. The highest BCUT2D eigenvalue weighted by molar-refractivity contribution is 5.59. The number of benzene rings is 2. The number of aromatic nitrogens is 2. The smallest absolute Gasteiger partial charge is 0.247 e. The highest BCUT2D eigenvalue weighted by Gasteiger charge is 2.14. The van der Waals surface area contributed by atoms with E-state index in [2.05, 4.69) is 34.2 Å². The summed E-state index contributed by atoms with van der Waals surface area (Å²) >= 11 is 0. The summed E-state index contributed by atoms with van der Waals surface area (Å²) in [6.45, 7) is 4.45. The fourth-order valence-corrected chi connectivity index (χ4v) is 2.72. The van der Waals surface area contributed by atoms with Gasteiger partial charge in [-0.25, -0.2) is 0 Å². The number of nitrogens with zero attached hydrogens (tertiary/aromatic N) is 3. The second-order valence-corrected chi connectivity index (χ2v) is 5.86. The van der Waals surface area contributed by atoms with Gasteiger partial charge in [0.15, 0.2) is 11.5 Å². The Morgan fingerprint density at radius 2 is 1.69 bits per heavy atom. The maximum Gasteiger partial charge on any atom is 0.247 e. The average Bonchev–Trinajstić information content (AvgIpc) is 3.16. The van der Waals surface area contributed by atoms with Crippen molar-refractivity contribution in [1.82, 2.24) is 15.1 Å². The van der Waals surface area contributed by atoms with Gasteiger partial charge in [0, 0.05) is 12.1 Å². The predicted molar refractivity (Wildman–Crippen MR) is 99.1 cm³/mol. The Bertz CT molecular complexity index is 833. The topological polar surface area (TPSA) is 60.6 Å². The summed E-state index contributed by atoms with van der Waals surface area (Å²) in [5.41, 5.74) is 2.06. The van der Waals surface area contributed by atoms with Crippen LogP contribution in [0.25, 0.3) is 11.5 Å². The van der Waals surface area contributed by atoms with E-state index in [0.717, 1.165) is 18.7 Å². The molecule has 3 rings (SSSR count). The molecule has 0 unspecified atom stereocenters. The van der Waals surface area contributed by atoms with Crippen molar-refractivity contribution >= 4 is 0 Å². The van der Waals surface area contributed by atoms with Crippen LogP contribution in [-0.4, -0.2) is 35.9 Å². The first kappa shape index (κ1) is 17.9. The zero-order valence-electron chi connectivity index (χ0n) is 15.3. The quantitative estimate of drug-likeness (QED) is 0.614. The molecule has 1 heterocycles. The van der Waals surface area contributed by atoms with E-state index in [1.165, 1.54) is 5.56 Å². The molecule has 0 atom stereocenters. The molecule has 0 aliphatic rings. The molecule has 0 N–H and O–H groups in total. The van der Waals surface area contributed by atoms with Crippen molar-refractivity contribution in [2.24, 2.45) is 0 Å². The van der Waals surface area contributed by atoms with Gasteiger partial charge in [-0.15, -0.1) is 10.2 Å². The normalized spacial score (nSPS) is 10.9. The maximum atomic E-state index is 5.85. The van der Waals surface area contributed by atoms with Crippen LogP contribution in [0, 0.1) is 0 Å². The molecule has 0 aliphatic heterocycles. The van der Waals surface area contributed by atoms with Crippen LogP contribution in [0.4, 0.5) is 0 Å². The molecular weight excluding hydrogens is 330 g/mol. The van der Waals surface area contributed by atoms with Crippen LogP contribution in [0.5, 0.6) is 11.5 Å². The van der Waals surface area contributed by atoms with E-state index in [1.807, 2.05) is 36.4 Å². The van der Waals surface area contributed by atoms with E-state index in [4.69, 9.17) is 13.9 Å². The van der Waals surface area contributed by atoms with Gasteiger partial charge in [0.2, 0.25) is 11.8 Å². The SMILES string of the molecule is CCN(Cc1ccccc1)Cc1nnc(-c2ccc(OC)c(OC)c2)o1. The van der Waals surface area contributed by atoms with Crippen molar-refractivity contribution in [1.29, 1.82) is 0 Å². The summed E-state index contributed by atoms with van der Waals surface area (Å²) < 4.78 is 16.4. The Morgan fingerprint density at radius 3 is 2.38 bits per heavy atom. The van der Waals surface area contributed by atoms with Gasteiger partial charge >= 0.3 is 0 Å². The molecule has 0 spiro atoms. The first-order valence-corrected chi connectivity index (χ1v) is 8.54. The summed E-state index contributed by atoms with van der Waals surface area (Å²) in [5.74, 6) is 2.35. The molecule has 0 radical (unpaired) electrons. The summed E-state index contributed by atoms with van der Waals surface area (Å²) in [6, 6.07) is 15.9. The maximum absolute atomic E-state index is 5.85. The molecule has 0 bridgehead atoms. The highest BCUT2D eigenvalue weighted by atomic mass is 16.5. The minimum atomic E-state index is 0.469. The van der Waals surface area contributed by atoms with Gasteiger partial charge in [0.1, 0.15) is 0 Å². The summed E-state index contributed by atoms with van der Waals surface area (Å²) in [7, 11) is 3.21. The van der Waals surface area contributed by atoms with Crippen LogP contribution in [0.3, 0.4) is 0 Å². The Labute approximate surface area is 153 Å². The Hall–Kier alpha value is -2.86. The lowest BCUT2D eigenvalue weighted by Gasteiger charge is -2.18. The third-order valence-corrected chi connectivity index (χ3v) is 4.15. The van der Waals surface area contributed by atoms with Crippen molar-refractivity contribution in [3.8, 4) is 23.0 Å². The number of hydrogen-bond donors (Lipinski definition) is 0. The van der Waals surface area contributed by atoms with E-state index >= 15 is 0 Å². The Balaban J connectivity index is 1.73. The number of rotatable bonds is 8. The first-order chi connectivity index (χ1) is 12.7. The minimum Gasteiger partial charge on any atom is -0.493 e. The number of hydrogen-bond acceptors (Lipinski definition) is 6. The molecule has 0 saturated carbocycles. The van der Waals surface area contributed by atoms with Crippen LogP contribution >= 0.6 is 0 Å². The molecule has 0 fully saturated rings. The molecule has 0 amide bonds. The fourth-order valence-electron chi connectivity index (χ4n) is 2.72. The highest BCUT2D eigenvalue weighted by Crippen LogP contribution is 2.31. The van der Waals surface area contributed by atoms with Crippen molar-refractivity contribution < 1.29 is 13.9 Å². The van der Waals surface area contributed by atoms with E-state index in [0.29, 0.717) is 29.8 Å². The van der Waals surface area contributed by atoms with E-state index < -0.39 is 0 Å². The summed E-state index contributed by atoms with van der Waals surface area (Å²) in [5, 5.41) is 8.36. The lowest BCUT2D eigenvalue weighted by molar-refractivity contribution is 0.243. The molecule has 2 aromatic carbocycles. The zero-order chi connectivity index (χ0) is 18.4. The molecule has 136 valence electrons. The van der Waals surface area contributed by atoms with Crippen LogP contribution in [0.1, 0.15) is 18.4 Å². The van der Waals surface area contributed by atoms with Crippen molar-refractivity contribution in [2.45, 2.75) is 20.0 Å². The van der Waals surface area contributed by atoms with Crippen molar-refractivity contribution in [2.75, 3.05) is 20.8 Å². The average molecular weight is 353 g/mol. The molecule has 0 aliphatic carbocycles. The van der Waals surface area contributed by atoms with Gasteiger partial charge < -0.3 is 13.9 Å². The third kappa shape index (κ3) is 4.21. The first-order valence-electron chi connectivity index (χ1n) is 8.54. The summed E-state index contributed by atoms with van der Waals surface area (Å²) in [4.78, 5) is 2.25. The number of ether oxygens (including phenoxy) is 2. The van der Waals surface area contributed by atoms with E-state index in [9.17, 15) is 0 Å². The second kappa shape index (κ2) is 8.49. The Kier molecular flexibility index (Phi) is 5.86. The molecule has 6 nitrogen and oxygen atoms in total. The zero-order valence-corrected chi connectivity index (χ0v) is 15.3. The van der Waals surface area contributed by atoms with Crippen LogP contribution in [0.15, 0.2) is 52.9 Å². The lowest BCUT2D eigenvalue weighted by atomic mass is 10.2. The second-order valence-electron chi connectivity index (χ2n) is 5.86. The molecule has 3 aromatic rings.